The van der Waals surface area contributed by atoms with Crippen molar-refractivity contribution in [1.29, 1.82) is 0 Å². The summed E-state index contributed by atoms with van der Waals surface area (Å²) in [6, 6.07) is 12.5. The Morgan fingerprint density at radius 3 is 2.47 bits per heavy atom. The van der Waals surface area contributed by atoms with Gasteiger partial charge >= 0.3 is 5.97 Å². The molecule has 156 valence electrons. The van der Waals surface area contributed by atoms with Crippen LogP contribution in [0.25, 0.3) is 10.6 Å². The van der Waals surface area contributed by atoms with Gasteiger partial charge in [-0.15, -0.1) is 11.3 Å². The minimum absolute atomic E-state index is 0.137. The van der Waals surface area contributed by atoms with Crippen molar-refractivity contribution in [2.75, 3.05) is 5.75 Å². The molecule has 0 fully saturated rings. The number of thiazole rings is 1. The second kappa shape index (κ2) is 10.4. The van der Waals surface area contributed by atoms with Gasteiger partial charge in [-0.2, -0.15) is 12.6 Å². The maximum atomic E-state index is 13.9. The zero-order valence-electron chi connectivity index (χ0n) is 16.0. The van der Waals surface area contributed by atoms with Gasteiger partial charge in [-0.05, 0) is 23.6 Å². The van der Waals surface area contributed by atoms with Crippen LogP contribution < -0.4 is 5.32 Å². The van der Waals surface area contributed by atoms with E-state index in [0.717, 1.165) is 16.1 Å². The first-order valence-corrected chi connectivity index (χ1v) is 10.9. The van der Waals surface area contributed by atoms with Crippen molar-refractivity contribution in [3.8, 4) is 10.6 Å². The lowest BCUT2D eigenvalue weighted by Gasteiger charge is -2.20. The molecule has 0 aliphatic carbocycles. The number of thiol groups is 1. The maximum Gasteiger partial charge on any atom is 0.326 e. The summed E-state index contributed by atoms with van der Waals surface area (Å²) in [6.45, 7) is 0. The van der Waals surface area contributed by atoms with Gasteiger partial charge in [0.15, 0.2) is 0 Å². The minimum Gasteiger partial charge on any atom is -0.480 e. The van der Waals surface area contributed by atoms with Crippen LogP contribution in [-0.2, 0) is 22.4 Å². The average molecular weight is 445 g/mol. The monoisotopic (exact) mass is 444 g/mol. The summed E-state index contributed by atoms with van der Waals surface area (Å²) in [6.07, 6.45) is 2.01. The molecular formula is C22H21FN2O3S2. The number of nitrogens with one attached hydrogen (secondary N) is 1. The van der Waals surface area contributed by atoms with Crippen molar-refractivity contribution in [2.45, 2.75) is 18.9 Å². The van der Waals surface area contributed by atoms with E-state index >= 15 is 0 Å². The van der Waals surface area contributed by atoms with E-state index in [9.17, 15) is 19.1 Å². The first-order valence-electron chi connectivity index (χ1n) is 9.34. The average Bonchev–Trinajstić information content (AvgIpc) is 3.28. The van der Waals surface area contributed by atoms with E-state index in [-0.39, 0.29) is 18.6 Å². The van der Waals surface area contributed by atoms with Crippen molar-refractivity contribution >= 4 is 35.8 Å². The third kappa shape index (κ3) is 5.67. The molecule has 2 atom stereocenters. The normalized spacial score (nSPS) is 12.9. The van der Waals surface area contributed by atoms with Crippen LogP contribution in [0.5, 0.6) is 0 Å². The lowest BCUT2D eigenvalue weighted by molar-refractivity contribution is -0.142. The van der Waals surface area contributed by atoms with Crippen molar-refractivity contribution in [3.05, 3.63) is 77.1 Å². The SMILES string of the molecule is O=C(N[C@@H](Cc1ccc(-c2nccs2)cc1)C(=O)O)C(CS)Cc1ccccc1F. The number of rotatable bonds is 9. The van der Waals surface area contributed by atoms with Gasteiger partial charge < -0.3 is 10.4 Å². The second-order valence-corrected chi connectivity index (χ2v) is 8.07. The lowest BCUT2D eigenvalue weighted by Crippen LogP contribution is -2.45. The largest absolute Gasteiger partial charge is 0.480 e. The summed E-state index contributed by atoms with van der Waals surface area (Å²) in [5, 5.41) is 14.9. The number of hydrogen-bond acceptors (Lipinski definition) is 5. The molecule has 5 nitrogen and oxygen atoms in total. The van der Waals surface area contributed by atoms with E-state index in [1.807, 2.05) is 29.6 Å². The summed E-state index contributed by atoms with van der Waals surface area (Å²) in [4.78, 5) is 28.6. The lowest BCUT2D eigenvalue weighted by atomic mass is 9.98. The first-order chi connectivity index (χ1) is 14.5. The molecular weight excluding hydrogens is 423 g/mol. The van der Waals surface area contributed by atoms with Gasteiger partial charge in [0.1, 0.15) is 16.9 Å². The zero-order valence-corrected chi connectivity index (χ0v) is 17.7. The maximum absolute atomic E-state index is 13.9. The molecule has 0 saturated carbocycles. The van der Waals surface area contributed by atoms with Crippen LogP contribution in [0.3, 0.4) is 0 Å². The Labute approximate surface area is 183 Å². The van der Waals surface area contributed by atoms with E-state index in [2.05, 4.69) is 22.9 Å². The molecule has 30 heavy (non-hydrogen) atoms. The molecule has 1 amide bonds. The third-order valence-electron chi connectivity index (χ3n) is 4.70. The quantitative estimate of drug-likeness (QED) is 0.438. The van der Waals surface area contributed by atoms with Gasteiger partial charge in [0.2, 0.25) is 5.91 Å². The minimum atomic E-state index is -1.13. The van der Waals surface area contributed by atoms with Crippen molar-refractivity contribution in [2.24, 2.45) is 5.92 Å². The number of hydrogen-bond donors (Lipinski definition) is 3. The molecule has 0 aliphatic heterocycles. The van der Waals surface area contributed by atoms with Crippen LogP contribution in [0.15, 0.2) is 60.1 Å². The molecule has 0 radical (unpaired) electrons. The molecule has 1 unspecified atom stereocenters. The molecule has 2 aromatic carbocycles. The predicted octanol–water partition coefficient (Wildman–Crippen LogP) is 3.85. The predicted molar refractivity (Wildman–Crippen MR) is 118 cm³/mol. The highest BCUT2D eigenvalue weighted by molar-refractivity contribution is 7.80. The van der Waals surface area contributed by atoms with E-state index in [1.165, 1.54) is 17.4 Å². The summed E-state index contributed by atoms with van der Waals surface area (Å²) in [5.41, 5.74) is 2.13. The van der Waals surface area contributed by atoms with Gasteiger partial charge in [0, 0.05) is 29.3 Å². The second-order valence-electron chi connectivity index (χ2n) is 6.81. The molecule has 0 bridgehead atoms. The molecule has 2 N–H and O–H groups in total. The molecule has 3 aromatic rings. The number of amides is 1. The first kappa shape index (κ1) is 22.0. The molecule has 0 aliphatic rings. The van der Waals surface area contributed by atoms with Crippen LogP contribution in [0.2, 0.25) is 0 Å². The fraction of sp³-hybridized carbons (Fsp3) is 0.227. The van der Waals surface area contributed by atoms with E-state index < -0.39 is 29.7 Å². The molecule has 0 spiro atoms. The van der Waals surface area contributed by atoms with Crippen LogP contribution in [0.4, 0.5) is 4.39 Å². The zero-order chi connectivity index (χ0) is 21.5. The van der Waals surface area contributed by atoms with Gasteiger partial charge in [0.05, 0.1) is 5.92 Å². The number of aliphatic carboxylic acids is 1. The fourth-order valence-electron chi connectivity index (χ4n) is 3.04. The number of nitrogens with zero attached hydrogens (tertiary/aromatic N) is 1. The summed E-state index contributed by atoms with van der Waals surface area (Å²) >= 11 is 5.72. The molecule has 3 rings (SSSR count). The summed E-state index contributed by atoms with van der Waals surface area (Å²) < 4.78 is 13.9. The van der Waals surface area contributed by atoms with Crippen molar-refractivity contribution < 1.29 is 19.1 Å². The summed E-state index contributed by atoms with van der Waals surface area (Å²) in [7, 11) is 0. The number of benzene rings is 2. The van der Waals surface area contributed by atoms with Crippen LogP contribution in [0.1, 0.15) is 11.1 Å². The van der Waals surface area contributed by atoms with E-state index in [0.29, 0.717) is 5.56 Å². The number of carbonyl (C=O) groups excluding carboxylic acids is 1. The number of halogens is 1. The van der Waals surface area contributed by atoms with Gasteiger partial charge in [-0.3, -0.25) is 4.79 Å². The molecule has 0 saturated heterocycles. The number of carboxylic acid groups (broad SMARTS) is 1. The highest BCUT2D eigenvalue weighted by Gasteiger charge is 2.25. The Kier molecular flexibility index (Phi) is 7.59. The van der Waals surface area contributed by atoms with Crippen LogP contribution >= 0.6 is 24.0 Å². The number of carbonyl (C=O) groups is 2. The van der Waals surface area contributed by atoms with Crippen molar-refractivity contribution in [1.82, 2.24) is 10.3 Å². The molecule has 1 heterocycles. The third-order valence-corrected chi connectivity index (χ3v) is 5.97. The highest BCUT2D eigenvalue weighted by Crippen LogP contribution is 2.22. The molecule has 1 aromatic heterocycles. The van der Waals surface area contributed by atoms with Crippen LogP contribution in [0, 0.1) is 11.7 Å². The van der Waals surface area contributed by atoms with E-state index in [1.54, 1.807) is 24.4 Å². The van der Waals surface area contributed by atoms with E-state index in [4.69, 9.17) is 0 Å². The van der Waals surface area contributed by atoms with Gasteiger partial charge in [0.25, 0.3) is 0 Å². The number of aromatic nitrogens is 1. The molecule has 8 heteroatoms. The standard InChI is InChI=1S/C22H21FN2O3S2/c23-18-4-2-1-3-16(18)12-17(13-29)20(26)25-19(22(27)28)11-14-5-7-15(8-6-14)21-24-9-10-30-21/h1-10,17,19,29H,11-13H2,(H,25,26)(H,27,28)/t17?,19-/m0/s1. The Morgan fingerprint density at radius 2 is 1.87 bits per heavy atom. The highest BCUT2D eigenvalue weighted by atomic mass is 32.1. The Hall–Kier alpha value is -2.71. The Bertz CT molecular complexity index is 994. The Morgan fingerprint density at radius 1 is 1.13 bits per heavy atom. The topological polar surface area (TPSA) is 79.3 Å². The number of carboxylic acids is 1. The smallest absolute Gasteiger partial charge is 0.326 e. The van der Waals surface area contributed by atoms with Crippen molar-refractivity contribution in [3.63, 3.8) is 0 Å². The fourth-order valence-corrected chi connectivity index (χ4v) is 3.98. The van der Waals surface area contributed by atoms with Crippen LogP contribution in [-0.4, -0.2) is 33.8 Å². The van der Waals surface area contributed by atoms with Gasteiger partial charge in [-0.1, -0.05) is 42.5 Å². The van der Waals surface area contributed by atoms with Gasteiger partial charge in [-0.25, -0.2) is 14.2 Å². The Balaban J connectivity index is 1.66. The summed E-state index contributed by atoms with van der Waals surface area (Å²) in [5.74, 6) is -2.45.